The number of hydrogen-bond donors (Lipinski definition) is 2. The highest BCUT2D eigenvalue weighted by Crippen LogP contribution is 2.29. The Balaban J connectivity index is 1.41. The van der Waals surface area contributed by atoms with Gasteiger partial charge in [0.15, 0.2) is 0 Å². The van der Waals surface area contributed by atoms with Crippen LogP contribution in [0, 0.1) is 0 Å². The minimum Gasteiger partial charge on any atom is -0.368 e. The van der Waals surface area contributed by atoms with Crippen LogP contribution in [0.2, 0.25) is 0 Å². The van der Waals surface area contributed by atoms with E-state index in [1.807, 2.05) is 30.3 Å². The maximum Gasteiger partial charge on any atom is 0.258 e. The molecule has 0 bridgehead atoms. The molecule has 152 valence electrons. The van der Waals surface area contributed by atoms with Gasteiger partial charge in [-0.05, 0) is 61.4 Å². The lowest BCUT2D eigenvalue weighted by Crippen LogP contribution is -2.26. The molecule has 1 aliphatic heterocycles. The first-order valence-corrected chi connectivity index (χ1v) is 10.5. The molecule has 0 spiro atoms. The second kappa shape index (κ2) is 9.56. The number of carbonyl (C=O) groups excluding carboxylic acids is 2. The van der Waals surface area contributed by atoms with Gasteiger partial charge in [0.2, 0.25) is 0 Å². The summed E-state index contributed by atoms with van der Waals surface area (Å²) in [6.45, 7) is 0.627. The third-order valence-corrected chi connectivity index (χ3v) is 5.63. The number of amides is 2. The summed E-state index contributed by atoms with van der Waals surface area (Å²) in [5.74, 6) is -0.375. The molecule has 0 radical (unpaired) electrons. The lowest BCUT2D eigenvalue weighted by atomic mass is 10.2. The maximum atomic E-state index is 12.8. The molecule has 30 heavy (non-hydrogen) atoms. The van der Waals surface area contributed by atoms with E-state index in [9.17, 15) is 9.59 Å². The van der Waals surface area contributed by atoms with Gasteiger partial charge >= 0.3 is 0 Å². The summed E-state index contributed by atoms with van der Waals surface area (Å²) >= 11 is 1.44. The molecule has 1 aliphatic rings. The van der Waals surface area contributed by atoms with Crippen molar-refractivity contribution in [3.05, 3.63) is 78.5 Å². The molecule has 0 saturated carbocycles. The van der Waals surface area contributed by atoms with Gasteiger partial charge < -0.3 is 15.4 Å². The average Bonchev–Trinajstić information content (AvgIpc) is 3.31. The van der Waals surface area contributed by atoms with E-state index in [0.29, 0.717) is 28.6 Å². The summed E-state index contributed by atoms with van der Waals surface area (Å²) in [6, 6.07) is 20.3. The molecule has 0 aliphatic carbocycles. The van der Waals surface area contributed by atoms with Crippen molar-refractivity contribution in [1.29, 1.82) is 0 Å². The van der Waals surface area contributed by atoms with E-state index in [0.717, 1.165) is 17.7 Å². The summed E-state index contributed by atoms with van der Waals surface area (Å²) < 4.78 is 5.39. The van der Waals surface area contributed by atoms with Gasteiger partial charge in [-0.3, -0.25) is 9.59 Å². The van der Waals surface area contributed by atoms with Gasteiger partial charge in [-0.2, -0.15) is 0 Å². The third-order valence-electron chi connectivity index (χ3n) is 4.61. The molecule has 2 heterocycles. The van der Waals surface area contributed by atoms with Crippen molar-refractivity contribution in [2.24, 2.45) is 0 Å². The SMILES string of the molecule is O=C(Nc1ccc(NC(=O)C2CCCO2)cc1)c1cccnc1Sc1ccccc1. The van der Waals surface area contributed by atoms with Crippen molar-refractivity contribution in [3.8, 4) is 0 Å². The summed E-state index contributed by atoms with van der Waals surface area (Å²) in [6.07, 6.45) is 2.94. The number of rotatable bonds is 6. The van der Waals surface area contributed by atoms with Crippen molar-refractivity contribution in [2.75, 3.05) is 17.2 Å². The standard InChI is InChI=1S/C23H21N3O3S/c27-21(19-8-4-14-24-23(19)30-18-6-2-1-3-7-18)25-16-10-12-17(13-11-16)26-22(28)20-9-5-15-29-20/h1-4,6-8,10-14,20H,5,9,15H2,(H,25,27)(H,26,28). The topological polar surface area (TPSA) is 80.3 Å². The van der Waals surface area contributed by atoms with E-state index < -0.39 is 0 Å². The summed E-state index contributed by atoms with van der Waals surface area (Å²) in [5.41, 5.74) is 1.80. The first-order valence-electron chi connectivity index (χ1n) is 9.71. The molecule has 1 atom stereocenters. The van der Waals surface area contributed by atoms with Crippen LogP contribution in [0.25, 0.3) is 0 Å². The van der Waals surface area contributed by atoms with Gasteiger partial charge in [-0.15, -0.1) is 0 Å². The number of aromatic nitrogens is 1. The molecule has 1 fully saturated rings. The molecule has 2 N–H and O–H groups in total. The number of nitrogens with one attached hydrogen (secondary N) is 2. The zero-order chi connectivity index (χ0) is 20.8. The van der Waals surface area contributed by atoms with E-state index in [1.165, 1.54) is 11.8 Å². The number of carbonyl (C=O) groups is 2. The predicted octanol–water partition coefficient (Wildman–Crippen LogP) is 4.60. The molecular weight excluding hydrogens is 398 g/mol. The normalized spacial score (nSPS) is 15.5. The lowest BCUT2D eigenvalue weighted by Gasteiger charge is -2.12. The highest BCUT2D eigenvalue weighted by molar-refractivity contribution is 7.99. The van der Waals surface area contributed by atoms with Crippen molar-refractivity contribution >= 4 is 35.0 Å². The van der Waals surface area contributed by atoms with Crippen LogP contribution in [0.15, 0.2) is 82.8 Å². The third kappa shape index (κ3) is 5.06. The molecule has 1 saturated heterocycles. The van der Waals surface area contributed by atoms with Crippen LogP contribution >= 0.6 is 11.8 Å². The van der Waals surface area contributed by atoms with Crippen LogP contribution in [0.1, 0.15) is 23.2 Å². The molecule has 4 rings (SSSR count). The molecule has 1 unspecified atom stereocenters. The van der Waals surface area contributed by atoms with E-state index in [-0.39, 0.29) is 17.9 Å². The van der Waals surface area contributed by atoms with Gasteiger partial charge in [-0.25, -0.2) is 4.98 Å². The van der Waals surface area contributed by atoms with Crippen LogP contribution in [0.3, 0.4) is 0 Å². The first kappa shape index (κ1) is 20.1. The zero-order valence-corrected chi connectivity index (χ0v) is 17.0. The molecule has 2 amide bonds. The minimum atomic E-state index is -0.379. The Labute approximate surface area is 179 Å². The fourth-order valence-electron chi connectivity index (χ4n) is 3.09. The van der Waals surface area contributed by atoms with Crippen LogP contribution < -0.4 is 10.6 Å². The molecular formula is C23H21N3O3S. The van der Waals surface area contributed by atoms with Gasteiger partial charge in [0, 0.05) is 29.1 Å². The fourth-order valence-corrected chi connectivity index (χ4v) is 3.99. The summed E-state index contributed by atoms with van der Waals surface area (Å²) in [5, 5.41) is 6.37. The van der Waals surface area contributed by atoms with E-state index in [4.69, 9.17) is 4.74 Å². The number of ether oxygens (including phenoxy) is 1. The second-order valence-electron chi connectivity index (χ2n) is 6.79. The van der Waals surface area contributed by atoms with E-state index >= 15 is 0 Å². The van der Waals surface area contributed by atoms with Crippen LogP contribution in [-0.4, -0.2) is 29.5 Å². The number of benzene rings is 2. The van der Waals surface area contributed by atoms with E-state index in [2.05, 4.69) is 15.6 Å². The molecule has 6 nitrogen and oxygen atoms in total. The fraction of sp³-hybridized carbons (Fsp3) is 0.174. The van der Waals surface area contributed by atoms with Crippen molar-refractivity contribution < 1.29 is 14.3 Å². The Hall–Kier alpha value is -3.16. The Morgan fingerprint density at radius 1 is 0.933 bits per heavy atom. The van der Waals surface area contributed by atoms with Crippen molar-refractivity contribution in [1.82, 2.24) is 4.98 Å². The Kier molecular flexibility index (Phi) is 6.41. The molecule has 1 aromatic heterocycles. The Bertz CT molecular complexity index is 1020. The van der Waals surface area contributed by atoms with Crippen LogP contribution in [-0.2, 0) is 9.53 Å². The van der Waals surface area contributed by atoms with Gasteiger partial charge in [0.1, 0.15) is 11.1 Å². The zero-order valence-electron chi connectivity index (χ0n) is 16.2. The summed E-state index contributed by atoms with van der Waals surface area (Å²) in [7, 11) is 0. The number of anilines is 2. The molecule has 7 heteroatoms. The number of nitrogens with zero attached hydrogens (tertiary/aromatic N) is 1. The lowest BCUT2D eigenvalue weighted by molar-refractivity contribution is -0.124. The smallest absolute Gasteiger partial charge is 0.258 e. The van der Waals surface area contributed by atoms with Crippen LogP contribution in [0.5, 0.6) is 0 Å². The number of pyridine rings is 1. The first-order chi connectivity index (χ1) is 14.7. The summed E-state index contributed by atoms with van der Waals surface area (Å²) in [4.78, 5) is 30.3. The van der Waals surface area contributed by atoms with E-state index in [1.54, 1.807) is 42.6 Å². The van der Waals surface area contributed by atoms with Crippen LogP contribution in [0.4, 0.5) is 11.4 Å². The quantitative estimate of drug-likeness (QED) is 0.610. The molecule has 2 aromatic carbocycles. The monoisotopic (exact) mass is 419 g/mol. The minimum absolute atomic E-state index is 0.137. The average molecular weight is 420 g/mol. The van der Waals surface area contributed by atoms with Crippen molar-refractivity contribution in [3.63, 3.8) is 0 Å². The van der Waals surface area contributed by atoms with Crippen molar-refractivity contribution in [2.45, 2.75) is 28.9 Å². The maximum absolute atomic E-state index is 12.8. The predicted molar refractivity (Wildman–Crippen MR) is 117 cm³/mol. The molecule has 3 aromatic rings. The Morgan fingerprint density at radius 3 is 2.37 bits per heavy atom. The van der Waals surface area contributed by atoms with Gasteiger partial charge in [-0.1, -0.05) is 30.0 Å². The highest BCUT2D eigenvalue weighted by Gasteiger charge is 2.23. The second-order valence-corrected chi connectivity index (χ2v) is 7.86. The Morgan fingerprint density at radius 2 is 1.67 bits per heavy atom. The van der Waals surface area contributed by atoms with Gasteiger partial charge in [0.25, 0.3) is 11.8 Å². The number of hydrogen-bond acceptors (Lipinski definition) is 5. The largest absolute Gasteiger partial charge is 0.368 e. The van der Waals surface area contributed by atoms with Gasteiger partial charge in [0.05, 0.1) is 5.56 Å². The highest BCUT2D eigenvalue weighted by atomic mass is 32.2.